The Hall–Kier alpha value is -2.89. The number of likely N-dealkylation sites (tertiary alicyclic amines) is 1. The summed E-state index contributed by atoms with van der Waals surface area (Å²) >= 11 is 7.71. The zero-order valence-corrected chi connectivity index (χ0v) is 22.1. The predicted octanol–water partition coefficient (Wildman–Crippen LogP) is 4.37. The van der Waals surface area contributed by atoms with Gasteiger partial charge in [-0.05, 0) is 18.6 Å². The van der Waals surface area contributed by atoms with Gasteiger partial charge in [0.05, 0.1) is 12.7 Å². The molecule has 0 radical (unpaired) electrons. The number of rotatable bonds is 8. The third-order valence-electron chi connectivity index (χ3n) is 6.92. The van der Waals surface area contributed by atoms with Crippen molar-refractivity contribution >= 4 is 40.7 Å². The molecule has 0 bridgehead atoms. The number of amidine groups is 1. The summed E-state index contributed by atoms with van der Waals surface area (Å²) in [5, 5.41) is 14.9. The first-order valence-electron chi connectivity index (χ1n) is 11.6. The van der Waals surface area contributed by atoms with Crippen LogP contribution in [-0.2, 0) is 14.3 Å². The van der Waals surface area contributed by atoms with Crippen LogP contribution in [0.1, 0.15) is 43.3 Å². The lowest BCUT2D eigenvalue weighted by Gasteiger charge is -2.35. The van der Waals surface area contributed by atoms with Gasteiger partial charge in [-0.1, -0.05) is 31.5 Å². The fourth-order valence-electron chi connectivity index (χ4n) is 4.91. The van der Waals surface area contributed by atoms with Crippen molar-refractivity contribution in [3.63, 3.8) is 0 Å². The molecule has 1 aromatic heterocycles. The summed E-state index contributed by atoms with van der Waals surface area (Å²) in [4.78, 5) is 35.3. The number of nitrogens with zero attached hydrogens (tertiary/aromatic N) is 3. The number of alkyl halides is 1. The topological polar surface area (TPSA) is 104 Å². The fraction of sp³-hybridized carbons (Fsp3) is 0.440. The average molecular weight is 553 g/mol. The highest BCUT2D eigenvalue weighted by Gasteiger charge is 2.49. The first-order chi connectivity index (χ1) is 17.5. The van der Waals surface area contributed by atoms with E-state index in [9.17, 15) is 19.1 Å². The number of thiazole rings is 1. The Balaban J connectivity index is 1.81. The molecule has 0 amide bonds. The maximum Gasteiger partial charge on any atom is 0.338 e. The Morgan fingerprint density at radius 1 is 1.38 bits per heavy atom. The SMILES string of the molecule is COC(=O)C1=C(CN2CC(F)C(C)(C)[C@H]2CCC(=O)O)NC(c2nccs2)=N[C@H]1c1ccc(F)cc1Cl. The van der Waals surface area contributed by atoms with Crippen LogP contribution in [0.15, 0.2) is 46.0 Å². The Morgan fingerprint density at radius 3 is 2.76 bits per heavy atom. The van der Waals surface area contributed by atoms with Gasteiger partial charge in [-0.25, -0.2) is 18.6 Å². The smallest absolute Gasteiger partial charge is 0.338 e. The molecule has 4 rings (SSSR count). The normalized spacial score (nSPS) is 23.5. The maximum absolute atomic E-state index is 15.1. The van der Waals surface area contributed by atoms with E-state index in [2.05, 4.69) is 10.3 Å². The van der Waals surface area contributed by atoms with Crippen LogP contribution in [0.25, 0.3) is 0 Å². The number of carboxylic acids is 1. The van der Waals surface area contributed by atoms with Crippen LogP contribution in [0, 0.1) is 11.2 Å². The zero-order valence-electron chi connectivity index (χ0n) is 20.5. The Morgan fingerprint density at radius 2 is 2.14 bits per heavy atom. The Labute approximate surface area is 222 Å². The van der Waals surface area contributed by atoms with Gasteiger partial charge in [-0.15, -0.1) is 11.3 Å². The van der Waals surface area contributed by atoms with Crippen molar-refractivity contribution in [1.82, 2.24) is 15.2 Å². The summed E-state index contributed by atoms with van der Waals surface area (Å²) in [6, 6.07) is 2.50. The number of hydrogen-bond donors (Lipinski definition) is 2. The lowest BCUT2D eigenvalue weighted by molar-refractivity contribution is -0.138. The summed E-state index contributed by atoms with van der Waals surface area (Å²) in [5.41, 5.74) is 0.141. The van der Waals surface area contributed by atoms with Crippen molar-refractivity contribution in [2.24, 2.45) is 10.4 Å². The highest BCUT2D eigenvalue weighted by Crippen LogP contribution is 2.42. The average Bonchev–Trinajstić information content (AvgIpc) is 3.44. The molecule has 0 aliphatic carbocycles. The van der Waals surface area contributed by atoms with Gasteiger partial charge in [0.15, 0.2) is 10.8 Å². The number of carbonyl (C=O) groups excluding carboxylic acids is 1. The maximum atomic E-state index is 15.1. The quantitative estimate of drug-likeness (QED) is 0.469. The lowest BCUT2D eigenvalue weighted by atomic mass is 9.81. The van der Waals surface area contributed by atoms with Crippen molar-refractivity contribution in [3.8, 4) is 0 Å². The molecule has 3 atom stereocenters. The fourth-order valence-corrected chi connectivity index (χ4v) is 5.77. The number of hydrogen-bond acceptors (Lipinski definition) is 8. The highest BCUT2D eigenvalue weighted by molar-refractivity contribution is 7.11. The minimum Gasteiger partial charge on any atom is -0.481 e. The van der Waals surface area contributed by atoms with Crippen LogP contribution < -0.4 is 5.32 Å². The molecular weight excluding hydrogens is 526 g/mol. The van der Waals surface area contributed by atoms with E-state index >= 15 is 4.39 Å². The minimum atomic E-state index is -1.20. The molecule has 3 heterocycles. The highest BCUT2D eigenvalue weighted by atomic mass is 35.5. The van der Waals surface area contributed by atoms with Gasteiger partial charge in [-0.3, -0.25) is 14.7 Å². The summed E-state index contributed by atoms with van der Waals surface area (Å²) in [6.45, 7) is 3.70. The number of ether oxygens (including phenoxy) is 1. The summed E-state index contributed by atoms with van der Waals surface area (Å²) in [6.07, 6.45) is 0.533. The molecule has 8 nitrogen and oxygen atoms in total. The van der Waals surface area contributed by atoms with Gasteiger partial charge in [0, 0.05) is 58.8 Å². The van der Waals surface area contributed by atoms with Crippen LogP contribution in [0.5, 0.6) is 0 Å². The molecule has 2 aliphatic heterocycles. The van der Waals surface area contributed by atoms with Crippen LogP contribution in [0.4, 0.5) is 8.78 Å². The number of carbonyl (C=O) groups is 2. The van der Waals surface area contributed by atoms with E-state index in [1.165, 1.54) is 30.6 Å². The summed E-state index contributed by atoms with van der Waals surface area (Å²) in [7, 11) is 1.24. The molecule has 1 aromatic carbocycles. The first-order valence-corrected chi connectivity index (χ1v) is 12.9. The standard InChI is InChI=1S/C25H27ClF2N4O4S/c1-25(2)17(28)12-32(18(25)6-7-19(33)34)11-16-20(24(35)36-3)21(14-5-4-13(27)10-15(14)26)31-22(30-16)23-29-8-9-37-23/h4-5,8-10,17-18,21H,6-7,11-12H2,1-3H3,(H,30,31)(H,33,34)/t17?,18-,21+/m1/s1. The minimum absolute atomic E-state index is 0.0582. The molecule has 1 unspecified atom stereocenters. The Bertz CT molecular complexity index is 1250. The number of aliphatic carboxylic acids is 1. The number of methoxy groups -OCH3 is 1. The van der Waals surface area contributed by atoms with Crippen LogP contribution in [0.3, 0.4) is 0 Å². The monoisotopic (exact) mass is 552 g/mol. The third-order valence-corrected chi connectivity index (χ3v) is 8.03. The number of aromatic nitrogens is 1. The molecule has 198 valence electrons. The molecule has 2 aliphatic rings. The van der Waals surface area contributed by atoms with Gasteiger partial charge in [0.25, 0.3) is 0 Å². The van der Waals surface area contributed by atoms with Gasteiger partial charge < -0.3 is 15.2 Å². The van der Waals surface area contributed by atoms with Gasteiger partial charge in [-0.2, -0.15) is 0 Å². The number of carboxylic acid groups (broad SMARTS) is 1. The molecular formula is C25H27ClF2N4O4S. The van der Waals surface area contributed by atoms with E-state index in [1.54, 1.807) is 25.4 Å². The van der Waals surface area contributed by atoms with E-state index in [0.717, 1.165) is 6.07 Å². The summed E-state index contributed by atoms with van der Waals surface area (Å²) in [5.74, 6) is -1.80. The molecule has 2 aromatic rings. The summed E-state index contributed by atoms with van der Waals surface area (Å²) < 4.78 is 34.1. The molecule has 0 saturated carbocycles. The molecule has 12 heteroatoms. The van der Waals surface area contributed by atoms with Crippen molar-refractivity contribution in [2.75, 3.05) is 20.2 Å². The van der Waals surface area contributed by atoms with Gasteiger partial charge in [0.2, 0.25) is 0 Å². The van der Waals surface area contributed by atoms with Crippen LogP contribution >= 0.6 is 22.9 Å². The number of nitrogens with one attached hydrogen (secondary N) is 1. The van der Waals surface area contributed by atoms with Gasteiger partial charge >= 0.3 is 11.9 Å². The second kappa shape index (κ2) is 10.8. The van der Waals surface area contributed by atoms with Crippen molar-refractivity contribution < 1.29 is 28.2 Å². The number of aliphatic imine (C=N–C) groups is 1. The predicted molar refractivity (Wildman–Crippen MR) is 136 cm³/mol. The van der Waals surface area contributed by atoms with E-state index in [0.29, 0.717) is 22.1 Å². The molecule has 2 N–H and O–H groups in total. The number of halogens is 3. The van der Waals surface area contributed by atoms with E-state index < -0.39 is 41.4 Å². The van der Waals surface area contributed by atoms with Crippen molar-refractivity contribution in [2.45, 2.75) is 44.9 Å². The van der Waals surface area contributed by atoms with Crippen LogP contribution in [-0.4, -0.2) is 65.2 Å². The largest absolute Gasteiger partial charge is 0.481 e. The van der Waals surface area contributed by atoms with Gasteiger partial charge in [0.1, 0.15) is 18.0 Å². The van der Waals surface area contributed by atoms with Crippen LogP contribution in [0.2, 0.25) is 5.02 Å². The van der Waals surface area contributed by atoms with E-state index in [-0.39, 0.29) is 36.5 Å². The molecule has 1 saturated heterocycles. The van der Waals surface area contributed by atoms with Crippen molar-refractivity contribution in [1.29, 1.82) is 0 Å². The second-order valence-corrected chi connectivity index (χ2v) is 10.9. The van der Waals surface area contributed by atoms with E-state index in [4.69, 9.17) is 21.3 Å². The third kappa shape index (κ3) is 5.53. The molecule has 37 heavy (non-hydrogen) atoms. The number of benzene rings is 1. The van der Waals surface area contributed by atoms with E-state index in [1.807, 2.05) is 4.90 Å². The Kier molecular flexibility index (Phi) is 7.96. The second-order valence-electron chi connectivity index (χ2n) is 9.56. The lowest BCUT2D eigenvalue weighted by Crippen LogP contribution is -2.43. The molecule has 1 fully saturated rings. The number of esters is 1. The van der Waals surface area contributed by atoms with Crippen molar-refractivity contribution in [3.05, 3.63) is 62.5 Å². The first kappa shape index (κ1) is 27.2. The zero-order chi connectivity index (χ0) is 26.9. The molecule has 0 spiro atoms.